The van der Waals surface area contributed by atoms with Crippen molar-refractivity contribution in [3.05, 3.63) is 53.2 Å². The largest absolute Gasteiger partial charge is 0.478 e. The fraction of sp³-hybridized carbons (Fsp3) is 0.353. The van der Waals surface area contributed by atoms with Crippen LogP contribution in [0.2, 0.25) is 0 Å². The van der Waals surface area contributed by atoms with E-state index >= 15 is 0 Å². The summed E-state index contributed by atoms with van der Waals surface area (Å²) in [6.07, 6.45) is 4.76. The van der Waals surface area contributed by atoms with Gasteiger partial charge < -0.3 is 10.5 Å². The van der Waals surface area contributed by atoms with Gasteiger partial charge in [0.25, 0.3) is 0 Å². The van der Waals surface area contributed by atoms with Crippen LogP contribution in [0.3, 0.4) is 0 Å². The second-order valence-corrected chi connectivity index (χ2v) is 5.06. The molecule has 20 heavy (non-hydrogen) atoms. The second kappa shape index (κ2) is 6.94. The molecule has 0 amide bonds. The number of hydrogen-bond donors (Lipinski definition) is 1. The number of anilines is 1. The molecule has 0 atom stereocenters. The molecule has 0 spiro atoms. The lowest BCUT2D eigenvalue weighted by molar-refractivity contribution is 0.305. The molecule has 0 fully saturated rings. The van der Waals surface area contributed by atoms with Crippen molar-refractivity contribution in [3.63, 3.8) is 0 Å². The third kappa shape index (κ3) is 3.98. The summed E-state index contributed by atoms with van der Waals surface area (Å²) in [4.78, 5) is 4.31. The average Bonchev–Trinajstić information content (AvgIpc) is 2.47. The van der Waals surface area contributed by atoms with Gasteiger partial charge in [-0.05, 0) is 43.4 Å². The van der Waals surface area contributed by atoms with Crippen molar-refractivity contribution in [2.24, 2.45) is 0 Å². The number of nitrogens with two attached hydrogens (primary N) is 1. The summed E-state index contributed by atoms with van der Waals surface area (Å²) in [6, 6.07) is 10.2. The number of nitrogens with zero attached hydrogens (tertiary/aromatic N) is 1. The first-order valence-electron chi connectivity index (χ1n) is 7.11. The number of nitrogen functional groups attached to an aromatic ring is 1. The van der Waals surface area contributed by atoms with Gasteiger partial charge in [-0.2, -0.15) is 0 Å². The molecular weight excluding hydrogens is 248 g/mol. The van der Waals surface area contributed by atoms with Gasteiger partial charge in [-0.15, -0.1) is 0 Å². The number of hydrogen-bond acceptors (Lipinski definition) is 3. The lowest BCUT2D eigenvalue weighted by Gasteiger charge is -2.08. The first-order chi connectivity index (χ1) is 9.69. The number of aryl methyl sites for hydroxylation is 3. The van der Waals surface area contributed by atoms with E-state index in [9.17, 15) is 0 Å². The Morgan fingerprint density at radius 3 is 2.70 bits per heavy atom. The lowest BCUT2D eigenvalue weighted by atomic mass is 10.0. The van der Waals surface area contributed by atoms with E-state index in [1.807, 2.05) is 24.4 Å². The van der Waals surface area contributed by atoms with Crippen LogP contribution in [-0.4, -0.2) is 11.6 Å². The molecule has 2 rings (SSSR count). The van der Waals surface area contributed by atoms with E-state index in [2.05, 4.69) is 31.0 Å². The molecule has 0 unspecified atom stereocenters. The van der Waals surface area contributed by atoms with E-state index in [4.69, 9.17) is 10.5 Å². The Labute approximate surface area is 120 Å². The van der Waals surface area contributed by atoms with Crippen LogP contribution in [0.4, 0.5) is 5.69 Å². The van der Waals surface area contributed by atoms with E-state index < -0.39 is 0 Å². The monoisotopic (exact) mass is 270 g/mol. The van der Waals surface area contributed by atoms with Gasteiger partial charge in [0.05, 0.1) is 6.61 Å². The minimum Gasteiger partial charge on any atom is -0.478 e. The Hall–Kier alpha value is -2.03. The Balaban J connectivity index is 1.95. The van der Waals surface area contributed by atoms with Gasteiger partial charge in [-0.1, -0.05) is 30.7 Å². The molecule has 0 bridgehead atoms. The molecule has 2 N–H and O–H groups in total. The normalized spacial score (nSPS) is 10.5. The number of rotatable bonds is 6. The summed E-state index contributed by atoms with van der Waals surface area (Å²) in [7, 11) is 0. The van der Waals surface area contributed by atoms with Crippen LogP contribution in [0.25, 0.3) is 0 Å². The van der Waals surface area contributed by atoms with Crippen molar-refractivity contribution in [3.8, 4) is 5.88 Å². The van der Waals surface area contributed by atoms with Crippen molar-refractivity contribution in [2.45, 2.75) is 33.1 Å². The summed E-state index contributed by atoms with van der Waals surface area (Å²) >= 11 is 0. The molecule has 106 valence electrons. The molecular formula is C17H22N2O. The van der Waals surface area contributed by atoms with Crippen LogP contribution >= 0.6 is 0 Å². The molecule has 0 radical (unpaired) electrons. The van der Waals surface area contributed by atoms with Crippen molar-refractivity contribution < 1.29 is 4.74 Å². The molecule has 0 aliphatic heterocycles. The number of benzene rings is 1. The SMILES string of the molecule is CCCOc1ccc(CCc2cc(C)ccc2N)cn1. The predicted molar refractivity (Wildman–Crippen MR) is 83.0 cm³/mol. The Kier molecular flexibility index (Phi) is 4.99. The number of aromatic nitrogens is 1. The number of pyridine rings is 1. The van der Waals surface area contributed by atoms with Crippen LogP contribution in [0, 0.1) is 6.92 Å². The average molecular weight is 270 g/mol. The summed E-state index contributed by atoms with van der Waals surface area (Å²) in [5, 5.41) is 0. The van der Waals surface area contributed by atoms with Gasteiger partial charge in [0.1, 0.15) is 0 Å². The van der Waals surface area contributed by atoms with Crippen LogP contribution in [0.5, 0.6) is 5.88 Å². The third-order valence-corrected chi connectivity index (χ3v) is 3.23. The molecule has 0 aliphatic rings. The molecule has 1 aromatic carbocycles. The van der Waals surface area contributed by atoms with Gasteiger partial charge in [-0.25, -0.2) is 4.98 Å². The molecule has 1 aromatic heterocycles. The van der Waals surface area contributed by atoms with Crippen molar-refractivity contribution in [1.29, 1.82) is 0 Å². The maximum absolute atomic E-state index is 6.00. The number of ether oxygens (including phenoxy) is 1. The van der Waals surface area contributed by atoms with E-state index in [1.165, 1.54) is 16.7 Å². The van der Waals surface area contributed by atoms with Crippen LogP contribution in [-0.2, 0) is 12.8 Å². The second-order valence-electron chi connectivity index (χ2n) is 5.06. The van der Waals surface area contributed by atoms with Gasteiger partial charge in [0.2, 0.25) is 5.88 Å². The summed E-state index contributed by atoms with van der Waals surface area (Å²) in [5.41, 5.74) is 10.5. The fourth-order valence-corrected chi connectivity index (χ4v) is 2.08. The fourth-order valence-electron chi connectivity index (χ4n) is 2.08. The molecule has 2 aromatic rings. The highest BCUT2D eigenvalue weighted by atomic mass is 16.5. The predicted octanol–water partition coefficient (Wildman–Crippen LogP) is 3.55. The van der Waals surface area contributed by atoms with Crippen molar-refractivity contribution >= 4 is 5.69 Å². The van der Waals surface area contributed by atoms with Gasteiger partial charge in [0, 0.05) is 18.0 Å². The molecule has 1 heterocycles. The van der Waals surface area contributed by atoms with Crippen LogP contribution in [0.1, 0.15) is 30.0 Å². The molecule has 3 heteroatoms. The smallest absolute Gasteiger partial charge is 0.213 e. The third-order valence-electron chi connectivity index (χ3n) is 3.23. The Morgan fingerprint density at radius 1 is 1.15 bits per heavy atom. The molecule has 0 aliphatic carbocycles. The Morgan fingerprint density at radius 2 is 2.00 bits per heavy atom. The highest BCUT2D eigenvalue weighted by Crippen LogP contribution is 2.17. The topological polar surface area (TPSA) is 48.1 Å². The zero-order valence-electron chi connectivity index (χ0n) is 12.2. The van der Waals surface area contributed by atoms with Gasteiger partial charge in [-0.3, -0.25) is 0 Å². The first kappa shape index (κ1) is 14.4. The summed E-state index contributed by atoms with van der Waals surface area (Å²) in [5.74, 6) is 0.700. The van der Waals surface area contributed by atoms with Crippen LogP contribution < -0.4 is 10.5 Å². The minimum absolute atomic E-state index is 0.700. The van der Waals surface area contributed by atoms with E-state index in [1.54, 1.807) is 0 Å². The maximum Gasteiger partial charge on any atom is 0.213 e. The minimum atomic E-state index is 0.700. The highest BCUT2D eigenvalue weighted by molar-refractivity contribution is 5.48. The zero-order valence-corrected chi connectivity index (χ0v) is 12.2. The van der Waals surface area contributed by atoms with E-state index in [0.717, 1.165) is 24.9 Å². The van der Waals surface area contributed by atoms with Crippen molar-refractivity contribution in [1.82, 2.24) is 4.98 Å². The van der Waals surface area contributed by atoms with E-state index in [0.29, 0.717) is 12.5 Å². The van der Waals surface area contributed by atoms with Crippen LogP contribution in [0.15, 0.2) is 36.5 Å². The zero-order chi connectivity index (χ0) is 14.4. The first-order valence-corrected chi connectivity index (χ1v) is 7.11. The van der Waals surface area contributed by atoms with E-state index in [-0.39, 0.29) is 0 Å². The maximum atomic E-state index is 6.00. The highest BCUT2D eigenvalue weighted by Gasteiger charge is 2.02. The Bertz CT molecular complexity index is 549. The molecule has 0 saturated carbocycles. The summed E-state index contributed by atoms with van der Waals surface area (Å²) < 4.78 is 5.48. The lowest BCUT2D eigenvalue weighted by Crippen LogP contribution is -2.00. The molecule has 0 saturated heterocycles. The quantitative estimate of drug-likeness (QED) is 0.817. The summed E-state index contributed by atoms with van der Waals surface area (Å²) in [6.45, 7) is 4.89. The van der Waals surface area contributed by atoms with Gasteiger partial charge in [0.15, 0.2) is 0 Å². The standard InChI is InChI=1S/C17H22N2O/c1-3-10-20-17-9-6-14(12-19-17)5-7-15-11-13(2)4-8-16(15)18/h4,6,8-9,11-12H,3,5,7,10,18H2,1-2H3. The van der Waals surface area contributed by atoms with Crippen molar-refractivity contribution in [2.75, 3.05) is 12.3 Å². The van der Waals surface area contributed by atoms with Gasteiger partial charge >= 0.3 is 0 Å². The molecule has 3 nitrogen and oxygen atoms in total.